The number of hydrogen-bond donors (Lipinski definition) is 1. The van der Waals surface area contributed by atoms with Crippen molar-refractivity contribution in [3.63, 3.8) is 0 Å². The fraction of sp³-hybridized carbons (Fsp3) is 0.0870. The summed E-state index contributed by atoms with van der Waals surface area (Å²) in [4.78, 5) is 10.6. The number of non-ortho nitro benzene ring substituents is 1. The van der Waals surface area contributed by atoms with Crippen molar-refractivity contribution in [2.75, 3.05) is 6.54 Å². The number of rotatable bonds is 10. The maximum absolute atomic E-state index is 12.8. The third-order valence-electron chi connectivity index (χ3n) is 4.91. The summed E-state index contributed by atoms with van der Waals surface area (Å²) in [5.74, 6) is 0. The Morgan fingerprint density at radius 2 is 1.86 bits per heavy atom. The third kappa shape index (κ3) is 6.55. The minimum absolute atomic E-state index is 0.0468. The van der Waals surface area contributed by atoms with Crippen molar-refractivity contribution in [3.05, 3.63) is 111 Å². The second-order valence-corrected chi connectivity index (χ2v) is 10.8. The lowest BCUT2D eigenvalue weighted by molar-refractivity contribution is -0.384. The monoisotopic (exact) mass is 542 g/mol. The molecule has 4 rings (SSSR count). The van der Waals surface area contributed by atoms with Gasteiger partial charge in [-0.15, -0.1) is 10.2 Å². The van der Waals surface area contributed by atoms with Gasteiger partial charge in [0, 0.05) is 29.3 Å². The summed E-state index contributed by atoms with van der Waals surface area (Å²) < 4.78 is 29.7. The molecule has 3 aromatic carbocycles. The number of aromatic nitrogens is 3. The van der Waals surface area contributed by atoms with Crippen LogP contribution in [0.1, 0.15) is 16.4 Å². The van der Waals surface area contributed by atoms with Gasteiger partial charge in [0.25, 0.3) is 5.69 Å². The lowest BCUT2D eigenvalue weighted by Gasteiger charge is -2.17. The van der Waals surface area contributed by atoms with Crippen LogP contribution in [0.2, 0.25) is 5.02 Å². The maximum Gasteiger partial charge on any atom is 0.270 e. The lowest BCUT2D eigenvalue weighted by Crippen LogP contribution is -2.27. The van der Waals surface area contributed by atoms with Gasteiger partial charge in [0.15, 0.2) is 0 Å². The number of hydrogen-bond acceptors (Lipinski definition) is 8. The Bertz CT molecular complexity index is 1480. The summed E-state index contributed by atoms with van der Waals surface area (Å²) in [5.41, 5.74) is 1.36. The largest absolute Gasteiger partial charge is 0.270 e. The molecule has 0 unspecified atom stereocenters. The highest BCUT2D eigenvalue weighted by molar-refractivity contribution is 7.99. The second-order valence-electron chi connectivity index (χ2n) is 7.38. The van der Waals surface area contributed by atoms with E-state index in [1.807, 2.05) is 30.3 Å². The third-order valence-corrected chi connectivity index (χ3v) is 7.81. The van der Waals surface area contributed by atoms with Crippen molar-refractivity contribution in [2.24, 2.45) is 5.10 Å². The Kier molecular flexibility index (Phi) is 8.10. The van der Waals surface area contributed by atoms with E-state index in [-0.39, 0.29) is 22.4 Å². The van der Waals surface area contributed by atoms with Gasteiger partial charge >= 0.3 is 0 Å². The predicted molar refractivity (Wildman–Crippen MR) is 138 cm³/mol. The SMILES string of the molecule is O=[N+]([O-])c1cccc(/C=N\n2cnnc2S[C@H](CNS(=O)(=O)c2ccc(Cl)cc2)c2ccccc2)c1. The van der Waals surface area contributed by atoms with Crippen LogP contribution in [-0.2, 0) is 10.0 Å². The fourth-order valence-corrected chi connectivity index (χ4v) is 5.42. The van der Waals surface area contributed by atoms with Crippen LogP contribution in [0.3, 0.4) is 0 Å². The van der Waals surface area contributed by atoms with E-state index in [4.69, 9.17) is 11.6 Å². The number of nitro groups is 1. The number of nitro benzene ring substituents is 1. The molecule has 0 fully saturated rings. The van der Waals surface area contributed by atoms with Crippen LogP contribution in [-0.4, -0.2) is 41.0 Å². The molecule has 1 aromatic heterocycles. The first-order chi connectivity index (χ1) is 17.3. The zero-order chi connectivity index (χ0) is 25.5. The molecule has 0 spiro atoms. The lowest BCUT2D eigenvalue weighted by atomic mass is 10.1. The van der Waals surface area contributed by atoms with Crippen molar-refractivity contribution >= 4 is 45.3 Å². The van der Waals surface area contributed by atoms with E-state index in [1.54, 1.807) is 12.1 Å². The molecule has 0 aliphatic heterocycles. The summed E-state index contributed by atoms with van der Waals surface area (Å²) in [7, 11) is -3.78. The summed E-state index contributed by atoms with van der Waals surface area (Å²) in [6.45, 7) is 0.0705. The molecule has 13 heteroatoms. The Balaban J connectivity index is 1.54. The number of nitrogens with zero attached hydrogens (tertiary/aromatic N) is 5. The quantitative estimate of drug-likeness (QED) is 0.135. The van der Waals surface area contributed by atoms with Crippen molar-refractivity contribution in [1.29, 1.82) is 0 Å². The first-order valence-corrected chi connectivity index (χ1v) is 13.2. The molecule has 1 N–H and O–H groups in total. The molecule has 1 heterocycles. The molecule has 0 amide bonds. The highest BCUT2D eigenvalue weighted by Gasteiger charge is 2.21. The standard InChI is InChI=1S/C23H19ClN6O4S2/c24-19-9-11-21(12-10-19)36(33,34)27-15-22(18-6-2-1-3-7-18)35-23-28-25-16-29(23)26-14-17-5-4-8-20(13-17)30(31)32/h1-14,16,22,27H,15H2/b26-14-/t22-/m1/s1. The molecule has 184 valence electrons. The van der Waals surface area contributed by atoms with E-state index in [0.29, 0.717) is 15.7 Å². The molecule has 4 aromatic rings. The summed E-state index contributed by atoms with van der Waals surface area (Å²) in [6.07, 6.45) is 2.86. The summed E-state index contributed by atoms with van der Waals surface area (Å²) in [5, 5.41) is 23.9. The van der Waals surface area contributed by atoms with Gasteiger partial charge in [-0.05, 0) is 29.8 Å². The average molecular weight is 543 g/mol. The van der Waals surface area contributed by atoms with Crippen LogP contribution in [0.15, 0.2) is 100 Å². The van der Waals surface area contributed by atoms with E-state index in [0.717, 1.165) is 5.56 Å². The van der Waals surface area contributed by atoms with Crippen molar-refractivity contribution in [3.8, 4) is 0 Å². The molecule has 0 radical (unpaired) electrons. The Morgan fingerprint density at radius 3 is 2.58 bits per heavy atom. The number of halogens is 1. The Hall–Kier alpha value is -3.58. The number of benzene rings is 3. The van der Waals surface area contributed by atoms with Gasteiger partial charge < -0.3 is 0 Å². The van der Waals surface area contributed by atoms with Gasteiger partial charge in [-0.1, -0.05) is 65.8 Å². The van der Waals surface area contributed by atoms with Gasteiger partial charge in [-0.3, -0.25) is 10.1 Å². The molecule has 0 aliphatic carbocycles. The summed E-state index contributed by atoms with van der Waals surface area (Å²) >= 11 is 7.15. The molecule has 10 nitrogen and oxygen atoms in total. The van der Waals surface area contributed by atoms with Gasteiger partial charge in [0.2, 0.25) is 15.2 Å². The van der Waals surface area contributed by atoms with Crippen molar-refractivity contribution < 1.29 is 13.3 Å². The van der Waals surface area contributed by atoms with E-state index in [9.17, 15) is 18.5 Å². The smallest absolute Gasteiger partial charge is 0.258 e. The van der Waals surface area contributed by atoms with Crippen molar-refractivity contribution in [2.45, 2.75) is 15.3 Å². The highest BCUT2D eigenvalue weighted by atomic mass is 35.5. The molecule has 0 bridgehead atoms. The normalized spacial score (nSPS) is 12.6. The van der Waals surface area contributed by atoms with Crippen molar-refractivity contribution in [1.82, 2.24) is 19.6 Å². The minimum Gasteiger partial charge on any atom is -0.258 e. The van der Waals surface area contributed by atoms with Crippen LogP contribution in [0, 0.1) is 10.1 Å². The van der Waals surface area contributed by atoms with Crippen LogP contribution in [0.5, 0.6) is 0 Å². The molecule has 0 saturated carbocycles. The van der Waals surface area contributed by atoms with Crippen LogP contribution < -0.4 is 4.72 Å². The molecule has 0 aliphatic rings. The predicted octanol–water partition coefficient (Wildman–Crippen LogP) is 4.53. The molecule has 0 saturated heterocycles. The van der Waals surface area contributed by atoms with Gasteiger partial charge in [0.05, 0.1) is 21.3 Å². The van der Waals surface area contributed by atoms with Gasteiger partial charge in [-0.25, -0.2) is 13.1 Å². The van der Waals surface area contributed by atoms with Gasteiger partial charge in [0.1, 0.15) is 6.33 Å². The topological polar surface area (TPSA) is 132 Å². The average Bonchev–Trinajstić information content (AvgIpc) is 3.33. The van der Waals surface area contributed by atoms with Crippen LogP contribution >= 0.6 is 23.4 Å². The minimum atomic E-state index is -3.78. The van der Waals surface area contributed by atoms with E-state index >= 15 is 0 Å². The van der Waals surface area contributed by atoms with E-state index < -0.39 is 14.9 Å². The van der Waals surface area contributed by atoms with Gasteiger partial charge in [-0.2, -0.15) is 9.78 Å². The zero-order valence-electron chi connectivity index (χ0n) is 18.5. The Morgan fingerprint density at radius 1 is 1.11 bits per heavy atom. The number of sulfonamides is 1. The summed E-state index contributed by atoms with van der Waals surface area (Å²) in [6, 6.07) is 21.3. The molecular formula is C23H19ClN6O4S2. The molecule has 1 atom stereocenters. The van der Waals surface area contributed by atoms with Crippen LogP contribution in [0.25, 0.3) is 0 Å². The first-order valence-electron chi connectivity index (χ1n) is 10.5. The number of nitrogens with one attached hydrogen (secondary N) is 1. The Labute approximate surface area is 216 Å². The zero-order valence-corrected chi connectivity index (χ0v) is 20.9. The second kappa shape index (κ2) is 11.4. The number of thioether (sulfide) groups is 1. The van der Waals surface area contributed by atoms with E-state index in [2.05, 4.69) is 20.0 Å². The molecular weight excluding hydrogens is 524 g/mol. The molecule has 36 heavy (non-hydrogen) atoms. The maximum atomic E-state index is 12.8. The highest BCUT2D eigenvalue weighted by Crippen LogP contribution is 2.34. The fourth-order valence-electron chi connectivity index (χ4n) is 3.13. The van der Waals surface area contributed by atoms with E-state index in [1.165, 1.54) is 65.4 Å². The first kappa shape index (κ1) is 25.5. The van der Waals surface area contributed by atoms with Crippen LogP contribution in [0.4, 0.5) is 5.69 Å².